The van der Waals surface area contributed by atoms with E-state index in [1.54, 1.807) is 0 Å². The number of benzene rings is 1. The average molecular weight is 381 g/mol. The third kappa shape index (κ3) is 6.34. The minimum atomic E-state index is 0.228. The standard InChI is InChI=1S/C25H36N2O/c1-3-4-15-24(18-25(28)26-23-16-17-23)27(19-21-11-7-5-8-12-21)20(2)22-13-9-6-10-14-22/h5-9,11-13,20,23-24H,3-4,10,14-19H2,1-2H3,(H,26,28)/t20-,24-/m0/s1. The monoisotopic (exact) mass is 380 g/mol. The van der Waals surface area contributed by atoms with Gasteiger partial charge in [0.25, 0.3) is 0 Å². The van der Waals surface area contributed by atoms with Crippen LogP contribution < -0.4 is 5.32 Å². The van der Waals surface area contributed by atoms with Crippen LogP contribution in [0.25, 0.3) is 0 Å². The summed E-state index contributed by atoms with van der Waals surface area (Å²) in [6.45, 7) is 5.46. The van der Waals surface area contributed by atoms with Crippen LogP contribution >= 0.6 is 0 Å². The number of unbranched alkanes of at least 4 members (excludes halogenated alkanes) is 1. The highest BCUT2D eigenvalue weighted by atomic mass is 16.1. The molecule has 28 heavy (non-hydrogen) atoms. The topological polar surface area (TPSA) is 32.3 Å². The molecule has 0 bridgehead atoms. The fourth-order valence-electron chi connectivity index (χ4n) is 4.11. The summed E-state index contributed by atoms with van der Waals surface area (Å²) in [5, 5.41) is 3.21. The van der Waals surface area contributed by atoms with Crippen molar-refractivity contribution in [2.45, 2.75) is 89.9 Å². The normalized spacial score (nSPS) is 18.6. The van der Waals surface area contributed by atoms with Crippen LogP contribution in [0.5, 0.6) is 0 Å². The number of amides is 1. The van der Waals surface area contributed by atoms with Gasteiger partial charge in [-0.2, -0.15) is 0 Å². The van der Waals surface area contributed by atoms with Crippen molar-refractivity contribution in [3.8, 4) is 0 Å². The molecule has 0 saturated heterocycles. The molecule has 0 aromatic heterocycles. The van der Waals surface area contributed by atoms with Crippen LogP contribution in [0, 0.1) is 0 Å². The molecular formula is C25H36N2O. The van der Waals surface area contributed by atoms with Crippen molar-refractivity contribution in [2.75, 3.05) is 0 Å². The summed E-state index contributed by atoms with van der Waals surface area (Å²) in [6, 6.07) is 11.8. The van der Waals surface area contributed by atoms with Gasteiger partial charge >= 0.3 is 0 Å². The van der Waals surface area contributed by atoms with E-state index in [0.29, 0.717) is 18.5 Å². The summed E-state index contributed by atoms with van der Waals surface area (Å²) in [6.07, 6.45) is 15.3. The van der Waals surface area contributed by atoms with Gasteiger partial charge < -0.3 is 5.32 Å². The maximum atomic E-state index is 12.7. The lowest BCUT2D eigenvalue weighted by Crippen LogP contribution is -2.45. The Balaban J connectivity index is 1.79. The second kappa shape index (κ2) is 10.6. The van der Waals surface area contributed by atoms with Crippen molar-refractivity contribution in [1.29, 1.82) is 0 Å². The zero-order valence-electron chi connectivity index (χ0n) is 17.6. The lowest BCUT2D eigenvalue weighted by atomic mass is 9.94. The van der Waals surface area contributed by atoms with Crippen molar-refractivity contribution in [2.24, 2.45) is 0 Å². The molecular weight excluding hydrogens is 344 g/mol. The first-order valence-corrected chi connectivity index (χ1v) is 11.1. The molecule has 0 heterocycles. The van der Waals surface area contributed by atoms with Gasteiger partial charge in [0.15, 0.2) is 0 Å². The van der Waals surface area contributed by atoms with E-state index in [4.69, 9.17) is 0 Å². The van der Waals surface area contributed by atoms with Crippen molar-refractivity contribution in [3.63, 3.8) is 0 Å². The van der Waals surface area contributed by atoms with E-state index in [1.807, 2.05) is 0 Å². The predicted molar refractivity (Wildman–Crippen MR) is 117 cm³/mol. The first kappa shape index (κ1) is 20.9. The smallest absolute Gasteiger partial charge is 0.221 e. The number of carbonyl (C=O) groups is 1. The molecule has 3 heteroatoms. The van der Waals surface area contributed by atoms with Crippen LogP contribution in [0.2, 0.25) is 0 Å². The van der Waals surface area contributed by atoms with Crippen molar-refractivity contribution < 1.29 is 4.79 Å². The average Bonchev–Trinajstić information content (AvgIpc) is 3.54. The predicted octanol–water partition coefficient (Wildman–Crippen LogP) is 5.38. The van der Waals surface area contributed by atoms with Gasteiger partial charge in [0, 0.05) is 31.1 Å². The molecule has 0 unspecified atom stereocenters. The molecule has 1 N–H and O–H groups in total. The Morgan fingerprint density at radius 3 is 2.68 bits per heavy atom. The van der Waals surface area contributed by atoms with E-state index in [0.717, 1.165) is 38.6 Å². The Bertz CT molecular complexity index is 675. The Kier molecular flexibility index (Phi) is 7.90. The van der Waals surface area contributed by atoms with Crippen molar-refractivity contribution in [1.82, 2.24) is 10.2 Å². The van der Waals surface area contributed by atoms with Gasteiger partial charge in [-0.15, -0.1) is 0 Å². The Morgan fingerprint density at radius 1 is 1.25 bits per heavy atom. The Morgan fingerprint density at radius 2 is 2.04 bits per heavy atom. The molecule has 0 radical (unpaired) electrons. The zero-order chi connectivity index (χ0) is 19.8. The van der Waals surface area contributed by atoms with E-state index < -0.39 is 0 Å². The van der Waals surface area contributed by atoms with Gasteiger partial charge in [-0.1, -0.05) is 73.9 Å². The zero-order valence-corrected chi connectivity index (χ0v) is 17.6. The summed E-state index contributed by atoms with van der Waals surface area (Å²) in [4.78, 5) is 15.2. The maximum absolute atomic E-state index is 12.7. The highest BCUT2D eigenvalue weighted by molar-refractivity contribution is 5.77. The van der Waals surface area contributed by atoms with Gasteiger partial charge in [0.2, 0.25) is 5.91 Å². The molecule has 3 rings (SSSR count). The van der Waals surface area contributed by atoms with E-state index in [2.05, 4.69) is 72.6 Å². The molecule has 2 aliphatic rings. The maximum Gasteiger partial charge on any atom is 0.221 e. The fraction of sp³-hybridized carbons (Fsp3) is 0.560. The summed E-state index contributed by atoms with van der Waals surface area (Å²) in [5.74, 6) is 0.228. The summed E-state index contributed by atoms with van der Waals surface area (Å²) >= 11 is 0. The van der Waals surface area contributed by atoms with Gasteiger partial charge in [-0.25, -0.2) is 0 Å². The van der Waals surface area contributed by atoms with Gasteiger partial charge in [0.1, 0.15) is 0 Å². The van der Waals surface area contributed by atoms with E-state index in [-0.39, 0.29) is 11.9 Å². The molecule has 1 amide bonds. The molecule has 2 atom stereocenters. The second-order valence-electron chi connectivity index (χ2n) is 8.38. The summed E-state index contributed by atoms with van der Waals surface area (Å²) in [7, 11) is 0. The number of hydrogen-bond donors (Lipinski definition) is 1. The second-order valence-corrected chi connectivity index (χ2v) is 8.38. The molecule has 1 saturated carbocycles. The molecule has 3 nitrogen and oxygen atoms in total. The third-order valence-corrected chi connectivity index (χ3v) is 6.01. The summed E-state index contributed by atoms with van der Waals surface area (Å²) in [5.41, 5.74) is 2.81. The molecule has 0 aliphatic heterocycles. The van der Waals surface area contributed by atoms with E-state index >= 15 is 0 Å². The highest BCUT2D eigenvalue weighted by Crippen LogP contribution is 2.27. The van der Waals surface area contributed by atoms with Crippen LogP contribution in [0.3, 0.4) is 0 Å². The Labute approximate surface area is 170 Å². The quantitative estimate of drug-likeness (QED) is 0.559. The Hall–Kier alpha value is -1.87. The van der Waals surface area contributed by atoms with Crippen molar-refractivity contribution >= 4 is 5.91 Å². The molecule has 1 aromatic carbocycles. The van der Waals surface area contributed by atoms with Crippen molar-refractivity contribution in [3.05, 3.63) is 59.7 Å². The van der Waals surface area contributed by atoms with Crippen LogP contribution in [-0.2, 0) is 11.3 Å². The third-order valence-electron chi connectivity index (χ3n) is 6.01. The number of nitrogens with one attached hydrogen (secondary N) is 1. The SMILES string of the molecule is CCCC[C@@H](CC(=O)NC1CC1)N(Cc1ccccc1)[C@@H](C)C1=CC=CCC1. The first-order chi connectivity index (χ1) is 13.7. The molecule has 1 aromatic rings. The fourth-order valence-corrected chi connectivity index (χ4v) is 4.11. The number of allylic oxidation sites excluding steroid dienone is 3. The number of nitrogens with zero attached hydrogens (tertiary/aromatic N) is 1. The minimum absolute atomic E-state index is 0.228. The van der Waals surface area contributed by atoms with Crippen LogP contribution in [0.4, 0.5) is 0 Å². The molecule has 152 valence electrons. The summed E-state index contributed by atoms with van der Waals surface area (Å²) < 4.78 is 0. The van der Waals surface area contributed by atoms with E-state index in [9.17, 15) is 4.79 Å². The van der Waals surface area contributed by atoms with Gasteiger partial charge in [-0.05, 0) is 44.6 Å². The lowest BCUT2D eigenvalue weighted by molar-refractivity contribution is -0.122. The minimum Gasteiger partial charge on any atom is -0.353 e. The first-order valence-electron chi connectivity index (χ1n) is 11.1. The molecule has 2 aliphatic carbocycles. The molecule has 1 fully saturated rings. The number of hydrogen-bond acceptors (Lipinski definition) is 2. The highest BCUT2D eigenvalue weighted by Gasteiger charge is 2.30. The number of carbonyl (C=O) groups excluding carboxylic acids is 1. The van der Waals surface area contributed by atoms with Crippen LogP contribution in [0.1, 0.15) is 70.8 Å². The van der Waals surface area contributed by atoms with E-state index in [1.165, 1.54) is 24.0 Å². The lowest BCUT2D eigenvalue weighted by Gasteiger charge is -2.38. The van der Waals surface area contributed by atoms with Gasteiger partial charge in [-0.3, -0.25) is 9.69 Å². The van der Waals surface area contributed by atoms with Gasteiger partial charge in [0.05, 0.1) is 0 Å². The largest absolute Gasteiger partial charge is 0.353 e. The number of rotatable bonds is 11. The molecule has 0 spiro atoms. The van der Waals surface area contributed by atoms with Crippen LogP contribution in [0.15, 0.2) is 54.1 Å². The van der Waals surface area contributed by atoms with Crippen LogP contribution in [-0.4, -0.2) is 28.9 Å².